The SMILES string of the molecule is CC1CCC(CN)(N(CC2CC2)C2CC2)CC1C. The zero-order valence-electron chi connectivity index (χ0n) is 12.2. The Morgan fingerprint density at radius 2 is 1.78 bits per heavy atom. The Bertz CT molecular complexity index is 295. The molecule has 2 nitrogen and oxygen atoms in total. The molecule has 18 heavy (non-hydrogen) atoms. The molecule has 0 aromatic heterocycles. The number of nitrogens with two attached hydrogens (primary N) is 1. The van der Waals surface area contributed by atoms with Crippen molar-refractivity contribution in [1.29, 1.82) is 0 Å². The average molecular weight is 250 g/mol. The Labute approximate surface area is 112 Å². The van der Waals surface area contributed by atoms with E-state index in [0.29, 0.717) is 5.54 Å². The zero-order chi connectivity index (χ0) is 12.8. The summed E-state index contributed by atoms with van der Waals surface area (Å²) in [5, 5.41) is 0. The molecule has 0 saturated heterocycles. The summed E-state index contributed by atoms with van der Waals surface area (Å²) >= 11 is 0. The minimum Gasteiger partial charge on any atom is -0.329 e. The first-order valence-electron chi connectivity index (χ1n) is 8.11. The quantitative estimate of drug-likeness (QED) is 0.812. The number of rotatable bonds is 5. The molecule has 2 heteroatoms. The van der Waals surface area contributed by atoms with Gasteiger partial charge in [0, 0.05) is 24.7 Å². The van der Waals surface area contributed by atoms with Gasteiger partial charge in [0.15, 0.2) is 0 Å². The van der Waals surface area contributed by atoms with E-state index in [1.54, 1.807) is 0 Å². The van der Waals surface area contributed by atoms with Crippen molar-refractivity contribution in [3.8, 4) is 0 Å². The normalized spacial score (nSPS) is 41.3. The van der Waals surface area contributed by atoms with Crippen molar-refractivity contribution in [3.05, 3.63) is 0 Å². The number of hydrogen-bond donors (Lipinski definition) is 1. The van der Waals surface area contributed by atoms with E-state index in [9.17, 15) is 0 Å². The van der Waals surface area contributed by atoms with Gasteiger partial charge in [0.05, 0.1) is 0 Å². The highest BCUT2D eigenvalue weighted by Crippen LogP contribution is 2.46. The van der Waals surface area contributed by atoms with Gasteiger partial charge in [0.1, 0.15) is 0 Å². The van der Waals surface area contributed by atoms with Gasteiger partial charge in [-0.15, -0.1) is 0 Å². The van der Waals surface area contributed by atoms with E-state index in [1.807, 2.05) is 0 Å². The second-order valence-corrected chi connectivity index (χ2v) is 7.45. The lowest BCUT2D eigenvalue weighted by molar-refractivity contribution is 0.0114. The lowest BCUT2D eigenvalue weighted by atomic mass is 9.70. The molecule has 2 N–H and O–H groups in total. The Morgan fingerprint density at radius 1 is 1.06 bits per heavy atom. The highest BCUT2D eigenvalue weighted by molar-refractivity contribution is 5.03. The molecule has 3 saturated carbocycles. The summed E-state index contributed by atoms with van der Waals surface area (Å²) in [5.74, 6) is 2.75. The Hall–Kier alpha value is -0.0800. The van der Waals surface area contributed by atoms with Crippen molar-refractivity contribution in [2.75, 3.05) is 13.1 Å². The van der Waals surface area contributed by atoms with Gasteiger partial charge in [-0.1, -0.05) is 13.8 Å². The van der Waals surface area contributed by atoms with Crippen LogP contribution < -0.4 is 5.73 Å². The number of nitrogens with zero attached hydrogens (tertiary/aromatic N) is 1. The number of hydrogen-bond acceptors (Lipinski definition) is 2. The van der Waals surface area contributed by atoms with Crippen molar-refractivity contribution >= 4 is 0 Å². The molecule has 0 spiro atoms. The van der Waals surface area contributed by atoms with Crippen LogP contribution in [0.1, 0.15) is 58.8 Å². The van der Waals surface area contributed by atoms with Crippen LogP contribution in [0.15, 0.2) is 0 Å². The van der Waals surface area contributed by atoms with Gasteiger partial charge in [-0.2, -0.15) is 0 Å². The summed E-state index contributed by atoms with van der Waals surface area (Å²) in [4.78, 5) is 2.87. The second-order valence-electron chi connectivity index (χ2n) is 7.45. The maximum atomic E-state index is 6.27. The maximum absolute atomic E-state index is 6.27. The molecule has 3 unspecified atom stereocenters. The van der Waals surface area contributed by atoms with Crippen molar-refractivity contribution < 1.29 is 0 Å². The summed E-state index contributed by atoms with van der Waals surface area (Å²) in [6.07, 6.45) is 9.86. The predicted molar refractivity (Wildman–Crippen MR) is 76.4 cm³/mol. The van der Waals surface area contributed by atoms with E-state index in [1.165, 1.54) is 51.5 Å². The summed E-state index contributed by atoms with van der Waals surface area (Å²) in [7, 11) is 0. The first kappa shape index (κ1) is 12.9. The van der Waals surface area contributed by atoms with Gasteiger partial charge in [0.2, 0.25) is 0 Å². The van der Waals surface area contributed by atoms with Gasteiger partial charge in [-0.05, 0) is 62.7 Å². The molecule has 0 heterocycles. The van der Waals surface area contributed by atoms with E-state index in [2.05, 4.69) is 18.7 Å². The smallest absolute Gasteiger partial charge is 0.0337 e. The van der Waals surface area contributed by atoms with Crippen LogP contribution in [0.2, 0.25) is 0 Å². The Balaban J connectivity index is 1.74. The fourth-order valence-corrected chi connectivity index (χ4v) is 3.94. The minimum atomic E-state index is 0.357. The average Bonchev–Trinajstić information content (AvgIpc) is 3.23. The molecule has 0 aromatic rings. The van der Waals surface area contributed by atoms with Crippen LogP contribution in [-0.4, -0.2) is 29.6 Å². The van der Waals surface area contributed by atoms with Crippen LogP contribution in [0.25, 0.3) is 0 Å². The molecule has 0 radical (unpaired) electrons. The van der Waals surface area contributed by atoms with Crippen molar-refractivity contribution in [2.45, 2.75) is 70.4 Å². The van der Waals surface area contributed by atoms with Gasteiger partial charge in [0.25, 0.3) is 0 Å². The third-order valence-corrected chi connectivity index (χ3v) is 5.87. The molecule has 0 aromatic carbocycles. The monoisotopic (exact) mass is 250 g/mol. The van der Waals surface area contributed by atoms with E-state index < -0.39 is 0 Å². The maximum Gasteiger partial charge on any atom is 0.0337 e. The topological polar surface area (TPSA) is 29.3 Å². The molecule has 3 aliphatic carbocycles. The van der Waals surface area contributed by atoms with Crippen LogP contribution in [0.4, 0.5) is 0 Å². The molecule has 3 atom stereocenters. The van der Waals surface area contributed by atoms with Crippen LogP contribution in [0.5, 0.6) is 0 Å². The Morgan fingerprint density at radius 3 is 2.28 bits per heavy atom. The summed E-state index contributed by atoms with van der Waals surface area (Å²) in [5.41, 5.74) is 6.62. The molecule has 0 amide bonds. The van der Waals surface area contributed by atoms with Crippen molar-refractivity contribution in [3.63, 3.8) is 0 Å². The standard InChI is InChI=1S/C16H30N2/c1-12-7-8-16(11-17,9-13(12)2)18(15-5-6-15)10-14-3-4-14/h12-15H,3-11,17H2,1-2H3. The molecule has 3 fully saturated rings. The largest absolute Gasteiger partial charge is 0.329 e. The van der Waals surface area contributed by atoms with Crippen LogP contribution in [0, 0.1) is 17.8 Å². The molecule has 104 valence electrons. The minimum absolute atomic E-state index is 0.357. The third kappa shape index (κ3) is 2.46. The molecular formula is C16H30N2. The molecule has 3 aliphatic rings. The van der Waals surface area contributed by atoms with Crippen molar-refractivity contribution in [1.82, 2.24) is 4.90 Å². The lowest BCUT2D eigenvalue weighted by Gasteiger charge is -2.50. The lowest BCUT2D eigenvalue weighted by Crippen LogP contribution is -2.58. The highest BCUT2D eigenvalue weighted by Gasteiger charge is 2.47. The first-order valence-corrected chi connectivity index (χ1v) is 8.11. The van der Waals surface area contributed by atoms with E-state index >= 15 is 0 Å². The predicted octanol–water partition coefficient (Wildman–Crippen LogP) is 3.01. The molecular weight excluding hydrogens is 220 g/mol. The van der Waals surface area contributed by atoms with Crippen molar-refractivity contribution in [2.24, 2.45) is 23.5 Å². The summed E-state index contributed by atoms with van der Waals surface area (Å²) in [6.45, 7) is 7.10. The third-order valence-electron chi connectivity index (χ3n) is 5.87. The molecule has 0 aliphatic heterocycles. The van der Waals surface area contributed by atoms with E-state index in [4.69, 9.17) is 5.73 Å². The molecule has 0 bridgehead atoms. The van der Waals surface area contributed by atoms with Gasteiger partial charge >= 0.3 is 0 Å². The van der Waals surface area contributed by atoms with Crippen LogP contribution in [-0.2, 0) is 0 Å². The van der Waals surface area contributed by atoms with Gasteiger partial charge in [-0.3, -0.25) is 4.90 Å². The van der Waals surface area contributed by atoms with E-state index in [-0.39, 0.29) is 0 Å². The zero-order valence-corrected chi connectivity index (χ0v) is 12.2. The van der Waals surface area contributed by atoms with E-state index in [0.717, 1.165) is 30.3 Å². The first-order chi connectivity index (χ1) is 8.64. The fourth-order valence-electron chi connectivity index (χ4n) is 3.94. The fraction of sp³-hybridized carbons (Fsp3) is 1.00. The molecule has 3 rings (SSSR count). The highest BCUT2D eigenvalue weighted by atomic mass is 15.3. The second kappa shape index (κ2) is 4.79. The van der Waals surface area contributed by atoms with Gasteiger partial charge in [-0.25, -0.2) is 0 Å². The Kier molecular flexibility index (Phi) is 3.44. The van der Waals surface area contributed by atoms with Crippen LogP contribution in [0.3, 0.4) is 0 Å². The van der Waals surface area contributed by atoms with Gasteiger partial charge < -0.3 is 5.73 Å². The summed E-state index contributed by atoms with van der Waals surface area (Å²) in [6, 6.07) is 0.884. The van der Waals surface area contributed by atoms with Crippen LogP contribution >= 0.6 is 0 Å². The summed E-state index contributed by atoms with van der Waals surface area (Å²) < 4.78 is 0.